The molecular weight excluding hydrogens is 244 g/mol. The van der Waals surface area contributed by atoms with Crippen molar-refractivity contribution in [1.82, 2.24) is 10.2 Å². The number of hydrogen-bond donors (Lipinski definition) is 2. The third kappa shape index (κ3) is 3.39. The number of likely N-dealkylation sites (tertiary alicyclic amines) is 1. The Morgan fingerprint density at radius 3 is 2.79 bits per heavy atom. The van der Waals surface area contributed by atoms with Crippen molar-refractivity contribution >= 4 is 6.09 Å². The first-order chi connectivity index (χ1) is 8.82. The second-order valence-corrected chi connectivity index (χ2v) is 6.84. The topological polar surface area (TPSA) is 61.8 Å². The summed E-state index contributed by atoms with van der Waals surface area (Å²) < 4.78 is 5.44. The summed E-state index contributed by atoms with van der Waals surface area (Å²) >= 11 is 0. The fraction of sp³-hybridized carbons (Fsp3) is 0.929. The number of ether oxygens (including phenoxy) is 1. The fourth-order valence-corrected chi connectivity index (χ4v) is 3.08. The van der Waals surface area contributed by atoms with Gasteiger partial charge in [-0.3, -0.25) is 0 Å². The highest BCUT2D eigenvalue weighted by atomic mass is 16.6. The van der Waals surface area contributed by atoms with Gasteiger partial charge in [-0.15, -0.1) is 0 Å². The van der Waals surface area contributed by atoms with Crippen molar-refractivity contribution < 1.29 is 14.6 Å². The minimum absolute atomic E-state index is 0.138. The average Bonchev–Trinajstić information content (AvgIpc) is 2.31. The summed E-state index contributed by atoms with van der Waals surface area (Å²) in [7, 11) is 0. The van der Waals surface area contributed by atoms with E-state index in [2.05, 4.69) is 5.32 Å². The van der Waals surface area contributed by atoms with Gasteiger partial charge in [-0.25, -0.2) is 4.79 Å². The zero-order chi connectivity index (χ0) is 14.1. The molecule has 1 amide bonds. The van der Waals surface area contributed by atoms with Crippen LogP contribution >= 0.6 is 0 Å². The van der Waals surface area contributed by atoms with E-state index < -0.39 is 5.60 Å². The van der Waals surface area contributed by atoms with Crippen LogP contribution in [0.1, 0.15) is 40.0 Å². The number of amides is 1. The molecule has 0 radical (unpaired) electrons. The van der Waals surface area contributed by atoms with E-state index in [-0.39, 0.29) is 17.6 Å². The van der Waals surface area contributed by atoms with Gasteiger partial charge >= 0.3 is 6.09 Å². The highest BCUT2D eigenvalue weighted by Gasteiger charge is 2.44. The number of aliphatic hydroxyl groups is 1. The maximum atomic E-state index is 12.2. The summed E-state index contributed by atoms with van der Waals surface area (Å²) in [4.78, 5) is 13.9. The molecule has 0 saturated carbocycles. The summed E-state index contributed by atoms with van der Waals surface area (Å²) in [5.41, 5.74) is -0.602. The van der Waals surface area contributed by atoms with Crippen molar-refractivity contribution in [1.29, 1.82) is 0 Å². The van der Waals surface area contributed by atoms with Crippen LogP contribution < -0.4 is 5.32 Å². The molecule has 5 nitrogen and oxygen atoms in total. The lowest BCUT2D eigenvalue weighted by molar-refractivity contribution is -0.0564. The summed E-state index contributed by atoms with van der Waals surface area (Å²) in [6, 6.07) is 0. The van der Waals surface area contributed by atoms with E-state index in [9.17, 15) is 9.90 Å². The Hall–Kier alpha value is -0.810. The molecule has 5 heteroatoms. The number of carbonyl (C=O) groups is 1. The summed E-state index contributed by atoms with van der Waals surface area (Å²) in [6.45, 7) is 8.53. The number of carbonyl (C=O) groups excluding carboxylic acids is 1. The number of nitrogens with zero attached hydrogens (tertiary/aromatic N) is 1. The first-order valence-electron chi connectivity index (χ1n) is 7.19. The number of piperidine rings is 2. The minimum atomic E-state index is -0.464. The van der Waals surface area contributed by atoms with Crippen LogP contribution in [-0.4, -0.2) is 54.0 Å². The monoisotopic (exact) mass is 270 g/mol. The molecule has 110 valence electrons. The third-order valence-corrected chi connectivity index (χ3v) is 4.10. The Morgan fingerprint density at radius 1 is 1.42 bits per heavy atom. The predicted octanol–water partition coefficient (Wildman–Crippen LogP) is 1.36. The lowest BCUT2D eigenvalue weighted by atomic mass is 9.71. The second kappa shape index (κ2) is 5.29. The van der Waals surface area contributed by atoms with E-state index in [1.54, 1.807) is 4.90 Å². The van der Waals surface area contributed by atoms with E-state index >= 15 is 0 Å². The molecule has 2 unspecified atom stereocenters. The van der Waals surface area contributed by atoms with Crippen LogP contribution in [0.5, 0.6) is 0 Å². The molecule has 2 aliphatic rings. The molecule has 2 N–H and O–H groups in total. The lowest BCUT2D eigenvalue weighted by Crippen LogP contribution is -2.58. The van der Waals surface area contributed by atoms with Crippen LogP contribution in [0.4, 0.5) is 4.79 Å². The molecule has 0 aromatic carbocycles. The smallest absolute Gasteiger partial charge is 0.410 e. The zero-order valence-corrected chi connectivity index (χ0v) is 12.2. The minimum Gasteiger partial charge on any atom is -0.444 e. The standard InChI is InChI=1S/C14H26N2O3/c1-13(2,3)19-12(18)16-8-4-5-14(10-16)6-7-15-9-11(14)17/h11,15,17H,4-10H2,1-3H3. The van der Waals surface area contributed by atoms with E-state index in [1.807, 2.05) is 20.8 Å². The van der Waals surface area contributed by atoms with E-state index in [0.717, 1.165) is 32.4 Å². The quantitative estimate of drug-likeness (QED) is 0.697. The van der Waals surface area contributed by atoms with E-state index in [1.165, 1.54) is 0 Å². The van der Waals surface area contributed by atoms with Gasteiger partial charge in [0.05, 0.1) is 6.10 Å². The molecule has 0 bridgehead atoms. The summed E-state index contributed by atoms with van der Waals surface area (Å²) in [5.74, 6) is 0. The molecule has 0 aromatic heterocycles. The van der Waals surface area contributed by atoms with Crippen LogP contribution in [0.15, 0.2) is 0 Å². The molecule has 19 heavy (non-hydrogen) atoms. The van der Waals surface area contributed by atoms with Gasteiger partial charge in [0.25, 0.3) is 0 Å². The van der Waals surface area contributed by atoms with Crippen molar-refractivity contribution in [3.8, 4) is 0 Å². The zero-order valence-electron chi connectivity index (χ0n) is 12.2. The van der Waals surface area contributed by atoms with Crippen LogP contribution in [0.3, 0.4) is 0 Å². The van der Waals surface area contributed by atoms with Gasteiger partial charge in [0.15, 0.2) is 0 Å². The molecule has 2 atom stereocenters. The molecule has 2 fully saturated rings. The molecule has 0 aliphatic carbocycles. The van der Waals surface area contributed by atoms with Gasteiger partial charge in [-0.05, 0) is 46.6 Å². The summed E-state index contributed by atoms with van der Waals surface area (Å²) in [6.07, 6.45) is 2.24. The highest BCUT2D eigenvalue weighted by Crippen LogP contribution is 2.38. The lowest BCUT2D eigenvalue weighted by Gasteiger charge is -2.48. The van der Waals surface area contributed by atoms with Gasteiger partial charge in [-0.2, -0.15) is 0 Å². The maximum absolute atomic E-state index is 12.2. The van der Waals surface area contributed by atoms with Gasteiger partial charge in [0.1, 0.15) is 5.60 Å². The van der Waals surface area contributed by atoms with Gasteiger partial charge in [0.2, 0.25) is 0 Å². The average molecular weight is 270 g/mol. The van der Waals surface area contributed by atoms with Crippen molar-refractivity contribution in [2.75, 3.05) is 26.2 Å². The Morgan fingerprint density at radius 2 is 2.16 bits per heavy atom. The van der Waals surface area contributed by atoms with Gasteiger partial charge < -0.3 is 20.1 Å². The Bertz CT molecular complexity index is 336. The predicted molar refractivity (Wildman–Crippen MR) is 73.0 cm³/mol. The molecule has 2 saturated heterocycles. The second-order valence-electron chi connectivity index (χ2n) is 6.84. The summed E-state index contributed by atoms with van der Waals surface area (Å²) in [5, 5.41) is 13.5. The number of aliphatic hydroxyl groups excluding tert-OH is 1. The largest absolute Gasteiger partial charge is 0.444 e. The van der Waals surface area contributed by atoms with Crippen LogP contribution in [0.2, 0.25) is 0 Å². The van der Waals surface area contributed by atoms with Crippen molar-refractivity contribution in [2.24, 2.45) is 5.41 Å². The number of rotatable bonds is 0. The molecule has 2 heterocycles. The SMILES string of the molecule is CC(C)(C)OC(=O)N1CCCC2(CCNCC2O)C1. The fourth-order valence-electron chi connectivity index (χ4n) is 3.08. The Balaban J connectivity index is 2.02. The molecule has 2 aliphatic heterocycles. The Kier molecular flexibility index (Phi) is 4.06. The van der Waals surface area contributed by atoms with E-state index in [4.69, 9.17) is 4.74 Å². The van der Waals surface area contributed by atoms with Crippen LogP contribution in [0, 0.1) is 5.41 Å². The highest BCUT2D eigenvalue weighted by molar-refractivity contribution is 5.68. The maximum Gasteiger partial charge on any atom is 0.410 e. The van der Waals surface area contributed by atoms with Crippen LogP contribution in [-0.2, 0) is 4.74 Å². The number of hydrogen-bond acceptors (Lipinski definition) is 4. The molecule has 1 spiro atoms. The molecular formula is C14H26N2O3. The van der Waals surface area contributed by atoms with Crippen molar-refractivity contribution in [3.63, 3.8) is 0 Å². The van der Waals surface area contributed by atoms with E-state index in [0.29, 0.717) is 13.1 Å². The normalized spacial score (nSPS) is 32.4. The molecule has 2 rings (SSSR count). The third-order valence-electron chi connectivity index (χ3n) is 4.10. The first-order valence-corrected chi connectivity index (χ1v) is 7.19. The Labute approximate surface area is 115 Å². The van der Waals surface area contributed by atoms with Crippen molar-refractivity contribution in [2.45, 2.75) is 51.7 Å². The van der Waals surface area contributed by atoms with Crippen molar-refractivity contribution in [3.05, 3.63) is 0 Å². The van der Waals surface area contributed by atoms with Gasteiger partial charge in [0, 0.05) is 25.0 Å². The van der Waals surface area contributed by atoms with Gasteiger partial charge in [-0.1, -0.05) is 0 Å². The number of nitrogens with one attached hydrogen (secondary N) is 1. The molecule has 0 aromatic rings. The first kappa shape index (κ1) is 14.6. The number of β-amino-alcohol motifs (C(OH)–C–C–N with tert-alkyl or cyclic N) is 1. The van der Waals surface area contributed by atoms with Crippen LogP contribution in [0.25, 0.3) is 0 Å².